The largest absolute Gasteiger partial charge is 0.350 e. The van der Waals surface area contributed by atoms with Crippen LogP contribution in [0, 0.1) is 0 Å². The molecule has 106 valence electrons. The Hall–Kier alpha value is -1.12. The lowest BCUT2D eigenvalue weighted by molar-refractivity contribution is -0.122. The van der Waals surface area contributed by atoms with Crippen molar-refractivity contribution < 1.29 is 4.79 Å². The van der Waals surface area contributed by atoms with E-state index in [9.17, 15) is 14.4 Å². The molecule has 1 aromatic rings. The second kappa shape index (κ2) is 6.88. The zero-order valence-electron chi connectivity index (χ0n) is 9.94. The van der Waals surface area contributed by atoms with Gasteiger partial charge >= 0.3 is 5.69 Å². The minimum absolute atomic E-state index is 0. The number of rotatable bonds is 3. The molecule has 2 heterocycles. The maximum absolute atomic E-state index is 11.7. The number of carbonyl (C=O) groups excluding carboxylic acids is 1. The lowest BCUT2D eigenvalue weighted by Gasteiger charge is -2.12. The van der Waals surface area contributed by atoms with Gasteiger partial charge in [-0.25, -0.2) is 4.79 Å². The lowest BCUT2D eigenvalue weighted by Crippen LogP contribution is -2.41. The van der Waals surface area contributed by atoms with Crippen molar-refractivity contribution >= 4 is 34.2 Å². The van der Waals surface area contributed by atoms with Crippen LogP contribution in [0.2, 0.25) is 0 Å². The van der Waals surface area contributed by atoms with Gasteiger partial charge < -0.3 is 10.6 Å². The molecule has 1 fully saturated rings. The summed E-state index contributed by atoms with van der Waals surface area (Å²) in [6, 6.07) is 0.111. The van der Waals surface area contributed by atoms with Crippen molar-refractivity contribution in [3.05, 3.63) is 31.5 Å². The average Bonchev–Trinajstić information content (AvgIpc) is 2.78. The Labute approximate surface area is 123 Å². The molecule has 1 aliphatic rings. The molecular formula is C10H14BrClN4O3. The van der Waals surface area contributed by atoms with Crippen LogP contribution >= 0.6 is 28.3 Å². The van der Waals surface area contributed by atoms with E-state index in [4.69, 9.17) is 0 Å². The fourth-order valence-corrected chi connectivity index (χ4v) is 2.15. The van der Waals surface area contributed by atoms with E-state index < -0.39 is 11.2 Å². The summed E-state index contributed by atoms with van der Waals surface area (Å²) in [7, 11) is 0. The van der Waals surface area contributed by atoms with E-state index in [-0.39, 0.29) is 35.4 Å². The summed E-state index contributed by atoms with van der Waals surface area (Å²) in [6.07, 6.45) is 2.20. The summed E-state index contributed by atoms with van der Waals surface area (Å²) in [6.45, 7) is 1.52. The first kappa shape index (κ1) is 15.9. The highest BCUT2D eigenvalue weighted by Gasteiger charge is 2.17. The van der Waals surface area contributed by atoms with Crippen LogP contribution in [-0.4, -0.2) is 34.6 Å². The van der Waals surface area contributed by atoms with Gasteiger partial charge in [0, 0.05) is 18.8 Å². The Bertz CT molecular complexity index is 565. The minimum atomic E-state index is -0.595. The first-order valence-corrected chi connectivity index (χ1v) is 6.35. The number of nitrogens with zero attached hydrogens (tertiary/aromatic N) is 1. The Morgan fingerprint density at radius 2 is 2.26 bits per heavy atom. The third-order valence-corrected chi connectivity index (χ3v) is 3.27. The molecule has 2 rings (SSSR count). The Morgan fingerprint density at radius 1 is 1.53 bits per heavy atom. The van der Waals surface area contributed by atoms with Crippen molar-refractivity contribution in [3.8, 4) is 0 Å². The van der Waals surface area contributed by atoms with Crippen LogP contribution in [0.4, 0.5) is 0 Å². The molecule has 9 heteroatoms. The summed E-state index contributed by atoms with van der Waals surface area (Å²) in [5, 5.41) is 5.95. The number of aromatic amines is 1. The standard InChI is InChI=1S/C10H13BrN4O3.ClH/c11-7-4-15(10(18)14-9(7)17)5-8(16)13-6-1-2-12-3-6;/h4,6,12H,1-3,5H2,(H,13,16)(H,14,17,18);1H. The maximum Gasteiger partial charge on any atom is 0.328 e. The number of hydrogen-bond acceptors (Lipinski definition) is 4. The Kier molecular flexibility index (Phi) is 5.77. The van der Waals surface area contributed by atoms with E-state index in [1.54, 1.807) is 0 Å². The van der Waals surface area contributed by atoms with Gasteiger partial charge in [-0.1, -0.05) is 0 Å². The molecule has 1 aliphatic heterocycles. The van der Waals surface area contributed by atoms with Gasteiger partial charge in [-0.05, 0) is 28.9 Å². The highest BCUT2D eigenvalue weighted by atomic mass is 79.9. The van der Waals surface area contributed by atoms with Gasteiger partial charge in [0.2, 0.25) is 5.91 Å². The van der Waals surface area contributed by atoms with Crippen LogP contribution in [0.25, 0.3) is 0 Å². The molecule has 3 N–H and O–H groups in total. The van der Waals surface area contributed by atoms with Crippen LogP contribution in [0.3, 0.4) is 0 Å². The van der Waals surface area contributed by atoms with Gasteiger partial charge in [-0.3, -0.25) is 19.1 Å². The van der Waals surface area contributed by atoms with Gasteiger partial charge in [-0.2, -0.15) is 0 Å². The van der Waals surface area contributed by atoms with E-state index in [0.29, 0.717) is 0 Å². The van der Waals surface area contributed by atoms with Crippen LogP contribution in [0.1, 0.15) is 6.42 Å². The molecule has 0 spiro atoms. The molecule has 1 saturated heterocycles. The Morgan fingerprint density at radius 3 is 2.89 bits per heavy atom. The molecule has 0 aliphatic carbocycles. The van der Waals surface area contributed by atoms with Gasteiger partial charge in [0.25, 0.3) is 5.56 Å². The van der Waals surface area contributed by atoms with Gasteiger partial charge in [-0.15, -0.1) is 12.4 Å². The highest BCUT2D eigenvalue weighted by molar-refractivity contribution is 9.10. The SMILES string of the molecule is Cl.O=C(Cn1cc(Br)c(=O)[nH]c1=O)NC1CCNC1. The first-order chi connectivity index (χ1) is 8.56. The second-order valence-electron chi connectivity index (χ2n) is 4.12. The van der Waals surface area contributed by atoms with E-state index in [2.05, 4.69) is 31.5 Å². The van der Waals surface area contributed by atoms with E-state index in [1.807, 2.05) is 0 Å². The zero-order valence-corrected chi connectivity index (χ0v) is 12.3. The van der Waals surface area contributed by atoms with Gasteiger partial charge in [0.05, 0.1) is 4.47 Å². The molecule has 0 saturated carbocycles. The lowest BCUT2D eigenvalue weighted by atomic mass is 10.2. The topological polar surface area (TPSA) is 96.0 Å². The van der Waals surface area contributed by atoms with Crippen LogP contribution in [0.5, 0.6) is 0 Å². The molecule has 0 radical (unpaired) electrons. The smallest absolute Gasteiger partial charge is 0.328 e. The zero-order chi connectivity index (χ0) is 13.1. The van der Waals surface area contributed by atoms with Crippen LogP contribution in [-0.2, 0) is 11.3 Å². The van der Waals surface area contributed by atoms with E-state index >= 15 is 0 Å². The van der Waals surface area contributed by atoms with Crippen molar-refractivity contribution in [1.29, 1.82) is 0 Å². The normalized spacial score (nSPS) is 17.8. The third kappa shape index (κ3) is 4.19. The summed E-state index contributed by atoms with van der Waals surface area (Å²) in [5.74, 6) is -0.246. The average molecular weight is 354 g/mol. The van der Waals surface area contributed by atoms with Crippen LogP contribution in [0.15, 0.2) is 20.3 Å². The fourth-order valence-electron chi connectivity index (χ4n) is 1.81. The molecule has 7 nitrogen and oxygen atoms in total. The van der Waals surface area contributed by atoms with E-state index in [1.165, 1.54) is 6.20 Å². The van der Waals surface area contributed by atoms with Crippen molar-refractivity contribution in [1.82, 2.24) is 20.2 Å². The monoisotopic (exact) mass is 352 g/mol. The Balaban J connectivity index is 0.00000180. The summed E-state index contributed by atoms with van der Waals surface area (Å²) in [4.78, 5) is 36.4. The van der Waals surface area contributed by atoms with Crippen molar-refractivity contribution in [3.63, 3.8) is 0 Å². The predicted octanol–water partition coefficient (Wildman–Crippen LogP) is -0.801. The number of halogens is 2. The first-order valence-electron chi connectivity index (χ1n) is 5.55. The molecular weight excluding hydrogens is 339 g/mol. The third-order valence-electron chi connectivity index (χ3n) is 2.71. The number of carbonyl (C=O) groups is 1. The maximum atomic E-state index is 11.7. The summed E-state index contributed by atoms with van der Waals surface area (Å²) < 4.78 is 1.38. The highest BCUT2D eigenvalue weighted by Crippen LogP contribution is 1.99. The summed E-state index contributed by atoms with van der Waals surface area (Å²) in [5.41, 5.74) is -1.10. The van der Waals surface area contributed by atoms with Gasteiger partial charge in [0.15, 0.2) is 0 Å². The van der Waals surface area contributed by atoms with Crippen LogP contribution < -0.4 is 21.9 Å². The molecule has 1 atom stereocenters. The number of nitrogens with one attached hydrogen (secondary N) is 3. The second-order valence-corrected chi connectivity index (χ2v) is 4.98. The molecule has 1 aromatic heterocycles. The summed E-state index contributed by atoms with van der Waals surface area (Å²) >= 11 is 3.01. The molecule has 1 unspecified atom stereocenters. The molecule has 1 amide bonds. The molecule has 0 aromatic carbocycles. The van der Waals surface area contributed by atoms with Crippen molar-refractivity contribution in [2.24, 2.45) is 0 Å². The quantitative estimate of drug-likeness (QED) is 0.663. The number of H-pyrrole nitrogens is 1. The fraction of sp³-hybridized carbons (Fsp3) is 0.500. The number of hydrogen-bond donors (Lipinski definition) is 3. The van der Waals surface area contributed by atoms with E-state index in [0.717, 1.165) is 24.1 Å². The molecule has 0 bridgehead atoms. The number of amides is 1. The predicted molar refractivity (Wildman–Crippen MR) is 75.7 cm³/mol. The van der Waals surface area contributed by atoms with Crippen molar-refractivity contribution in [2.75, 3.05) is 13.1 Å². The van der Waals surface area contributed by atoms with Gasteiger partial charge in [0.1, 0.15) is 6.54 Å². The van der Waals surface area contributed by atoms with Crippen molar-refractivity contribution in [2.45, 2.75) is 19.0 Å². The minimum Gasteiger partial charge on any atom is -0.350 e. The number of aromatic nitrogens is 2. The molecule has 19 heavy (non-hydrogen) atoms.